The van der Waals surface area contributed by atoms with E-state index in [1.165, 1.54) is 0 Å². The predicted molar refractivity (Wildman–Crippen MR) is 61.3 cm³/mol. The molecule has 0 aromatic heterocycles. The summed E-state index contributed by atoms with van der Waals surface area (Å²) in [7, 11) is 1.65. The molecule has 12 heavy (non-hydrogen) atoms. The molecule has 0 aliphatic heterocycles. The average Bonchev–Trinajstić information content (AvgIpc) is 2.09. The smallest absolute Gasteiger partial charge is 0.124 e. The Bertz CT molecular complexity index is 262. The second-order valence-electron chi connectivity index (χ2n) is 2.28. The molecule has 1 aromatic rings. The van der Waals surface area contributed by atoms with Crippen LogP contribution in [0.3, 0.4) is 0 Å². The van der Waals surface area contributed by atoms with Crippen molar-refractivity contribution in [3.8, 4) is 5.75 Å². The fourth-order valence-corrected chi connectivity index (χ4v) is 1.77. The predicted octanol–water partition coefficient (Wildman–Crippen LogP) is 2.52. The van der Waals surface area contributed by atoms with E-state index in [0.717, 1.165) is 19.4 Å². The molecular formula is C8H9BrINO. The molecule has 0 atom stereocenters. The third kappa shape index (κ3) is 2.11. The first kappa shape index (κ1) is 10.3. The number of hydrogen-bond donors (Lipinski definition) is 1. The van der Waals surface area contributed by atoms with Gasteiger partial charge in [0.25, 0.3) is 0 Å². The van der Waals surface area contributed by atoms with E-state index in [0.29, 0.717) is 6.54 Å². The maximum Gasteiger partial charge on any atom is 0.124 e. The summed E-state index contributed by atoms with van der Waals surface area (Å²) in [5.74, 6) is 0.838. The zero-order valence-electron chi connectivity index (χ0n) is 6.60. The third-order valence-electron chi connectivity index (χ3n) is 1.54. The van der Waals surface area contributed by atoms with Gasteiger partial charge in [-0.2, -0.15) is 0 Å². The summed E-state index contributed by atoms with van der Waals surface area (Å²) in [4.78, 5) is 0. The van der Waals surface area contributed by atoms with E-state index >= 15 is 0 Å². The van der Waals surface area contributed by atoms with Gasteiger partial charge in [-0.05, 0) is 50.7 Å². The number of hydrogen-bond acceptors (Lipinski definition) is 2. The first-order valence-electron chi connectivity index (χ1n) is 3.41. The molecule has 1 rings (SSSR count). The van der Waals surface area contributed by atoms with Crippen molar-refractivity contribution in [2.75, 3.05) is 7.11 Å². The van der Waals surface area contributed by atoms with Crippen LogP contribution in [-0.4, -0.2) is 7.11 Å². The highest BCUT2D eigenvalue weighted by atomic mass is 127. The van der Waals surface area contributed by atoms with E-state index < -0.39 is 0 Å². The lowest BCUT2D eigenvalue weighted by Crippen LogP contribution is -2.00. The van der Waals surface area contributed by atoms with Crippen LogP contribution in [0, 0.1) is 3.57 Å². The van der Waals surface area contributed by atoms with Gasteiger partial charge in [-0.25, -0.2) is 0 Å². The molecule has 1 aromatic carbocycles. The summed E-state index contributed by atoms with van der Waals surface area (Å²) in [5, 5.41) is 0. The molecule has 0 amide bonds. The van der Waals surface area contributed by atoms with Gasteiger partial charge in [-0.15, -0.1) is 0 Å². The second-order valence-corrected chi connectivity index (χ2v) is 4.30. The second kappa shape index (κ2) is 4.43. The summed E-state index contributed by atoms with van der Waals surface area (Å²) < 4.78 is 7.34. The van der Waals surface area contributed by atoms with Crippen molar-refractivity contribution in [3.63, 3.8) is 0 Å². The lowest BCUT2D eigenvalue weighted by molar-refractivity contribution is 0.409. The highest BCUT2D eigenvalue weighted by Crippen LogP contribution is 2.28. The van der Waals surface area contributed by atoms with Gasteiger partial charge in [-0.1, -0.05) is 0 Å². The van der Waals surface area contributed by atoms with Crippen molar-refractivity contribution < 1.29 is 4.74 Å². The molecule has 0 saturated heterocycles. The Labute approximate surface area is 93.7 Å². The van der Waals surface area contributed by atoms with Crippen LogP contribution in [-0.2, 0) is 6.54 Å². The third-order valence-corrected chi connectivity index (χ3v) is 3.83. The molecule has 4 heteroatoms. The Hall–Kier alpha value is 0.190. The highest BCUT2D eigenvalue weighted by molar-refractivity contribution is 14.1. The van der Waals surface area contributed by atoms with Crippen molar-refractivity contribution in [3.05, 3.63) is 25.7 Å². The Kier molecular flexibility index (Phi) is 3.79. The summed E-state index contributed by atoms with van der Waals surface area (Å²) >= 11 is 5.67. The normalized spacial score (nSPS) is 10.0. The Morgan fingerprint density at radius 3 is 2.75 bits per heavy atom. The summed E-state index contributed by atoms with van der Waals surface area (Å²) in [6.07, 6.45) is 0. The van der Waals surface area contributed by atoms with Gasteiger partial charge in [0.05, 0.1) is 7.11 Å². The van der Waals surface area contributed by atoms with Crippen molar-refractivity contribution in [2.45, 2.75) is 6.54 Å². The Morgan fingerprint density at radius 1 is 1.58 bits per heavy atom. The van der Waals surface area contributed by atoms with E-state index in [-0.39, 0.29) is 0 Å². The van der Waals surface area contributed by atoms with Gasteiger partial charge in [0.15, 0.2) is 0 Å². The lowest BCUT2D eigenvalue weighted by Gasteiger charge is -2.07. The van der Waals surface area contributed by atoms with Gasteiger partial charge < -0.3 is 10.5 Å². The standard InChI is InChI=1S/C8H9BrINO/c1-12-8-3-6(9)7(10)2-5(8)4-11/h2-3H,4,11H2,1H3. The Morgan fingerprint density at radius 2 is 2.25 bits per heavy atom. The topological polar surface area (TPSA) is 35.2 Å². The molecule has 0 heterocycles. The van der Waals surface area contributed by atoms with E-state index in [1.807, 2.05) is 12.1 Å². The van der Waals surface area contributed by atoms with Crippen LogP contribution in [0.5, 0.6) is 5.75 Å². The molecule has 0 bridgehead atoms. The zero-order chi connectivity index (χ0) is 9.14. The first-order chi connectivity index (χ1) is 5.69. The average molecular weight is 342 g/mol. The molecule has 2 N–H and O–H groups in total. The van der Waals surface area contributed by atoms with E-state index in [1.54, 1.807) is 7.11 Å². The number of benzene rings is 1. The van der Waals surface area contributed by atoms with Crippen LogP contribution < -0.4 is 10.5 Å². The minimum absolute atomic E-state index is 0.506. The summed E-state index contributed by atoms with van der Waals surface area (Å²) in [6.45, 7) is 0.506. The van der Waals surface area contributed by atoms with Gasteiger partial charge >= 0.3 is 0 Å². The monoisotopic (exact) mass is 341 g/mol. The van der Waals surface area contributed by atoms with Crippen molar-refractivity contribution in [2.24, 2.45) is 5.73 Å². The van der Waals surface area contributed by atoms with Crippen LogP contribution in [0.25, 0.3) is 0 Å². The molecule has 0 aliphatic rings. The molecule has 0 aliphatic carbocycles. The van der Waals surface area contributed by atoms with Gasteiger partial charge in [-0.3, -0.25) is 0 Å². The summed E-state index contributed by atoms with van der Waals surface area (Å²) in [5.41, 5.74) is 6.58. The number of ether oxygens (including phenoxy) is 1. The van der Waals surface area contributed by atoms with Crippen molar-refractivity contribution in [1.82, 2.24) is 0 Å². The maximum absolute atomic E-state index is 5.55. The zero-order valence-corrected chi connectivity index (χ0v) is 10.3. The van der Waals surface area contributed by atoms with E-state index in [2.05, 4.69) is 38.5 Å². The van der Waals surface area contributed by atoms with Gasteiger partial charge in [0.2, 0.25) is 0 Å². The van der Waals surface area contributed by atoms with Crippen LogP contribution in [0.2, 0.25) is 0 Å². The number of methoxy groups -OCH3 is 1. The minimum atomic E-state index is 0.506. The molecule has 0 saturated carbocycles. The fourth-order valence-electron chi connectivity index (χ4n) is 0.919. The van der Waals surface area contributed by atoms with Crippen LogP contribution in [0.1, 0.15) is 5.56 Å². The van der Waals surface area contributed by atoms with Gasteiger partial charge in [0.1, 0.15) is 5.75 Å². The number of nitrogens with two attached hydrogens (primary N) is 1. The molecule has 0 radical (unpaired) electrons. The van der Waals surface area contributed by atoms with Crippen molar-refractivity contribution >= 4 is 38.5 Å². The molecule has 0 fully saturated rings. The fraction of sp³-hybridized carbons (Fsp3) is 0.250. The van der Waals surface area contributed by atoms with Crippen LogP contribution in [0.15, 0.2) is 16.6 Å². The molecule has 66 valence electrons. The Balaban J connectivity index is 3.19. The lowest BCUT2D eigenvalue weighted by atomic mass is 10.2. The summed E-state index contributed by atoms with van der Waals surface area (Å²) in [6, 6.07) is 3.95. The number of halogens is 2. The van der Waals surface area contributed by atoms with Crippen LogP contribution in [0.4, 0.5) is 0 Å². The minimum Gasteiger partial charge on any atom is -0.496 e. The van der Waals surface area contributed by atoms with E-state index in [4.69, 9.17) is 10.5 Å². The number of rotatable bonds is 2. The van der Waals surface area contributed by atoms with Crippen molar-refractivity contribution in [1.29, 1.82) is 0 Å². The largest absolute Gasteiger partial charge is 0.496 e. The molecule has 2 nitrogen and oxygen atoms in total. The molecule has 0 unspecified atom stereocenters. The first-order valence-corrected chi connectivity index (χ1v) is 5.28. The van der Waals surface area contributed by atoms with Gasteiger partial charge in [0, 0.05) is 20.2 Å². The SMILES string of the molecule is COc1cc(Br)c(I)cc1CN. The quantitative estimate of drug-likeness (QED) is 0.839. The maximum atomic E-state index is 5.55. The van der Waals surface area contributed by atoms with Crippen LogP contribution >= 0.6 is 38.5 Å². The molecule has 0 spiro atoms. The van der Waals surface area contributed by atoms with E-state index in [9.17, 15) is 0 Å². The highest BCUT2D eigenvalue weighted by Gasteiger charge is 2.05. The molecular weight excluding hydrogens is 333 g/mol.